The van der Waals surface area contributed by atoms with Crippen LogP contribution in [0.15, 0.2) is 42.7 Å². The van der Waals surface area contributed by atoms with Crippen molar-refractivity contribution < 1.29 is 9.50 Å². The number of benzene rings is 1. The maximum atomic E-state index is 14.4. The zero-order valence-electron chi connectivity index (χ0n) is 13.4. The molecule has 4 heteroatoms. The van der Waals surface area contributed by atoms with Crippen LogP contribution in [0, 0.1) is 11.2 Å². The third-order valence-electron chi connectivity index (χ3n) is 5.05. The number of nitrogens with one attached hydrogen (secondary N) is 1. The third-order valence-corrected chi connectivity index (χ3v) is 5.05. The zero-order chi connectivity index (χ0) is 16.3. The smallest absolute Gasteiger partial charge is 0.128 e. The summed E-state index contributed by atoms with van der Waals surface area (Å²) >= 11 is 0. The predicted molar refractivity (Wildman–Crippen MR) is 89.3 cm³/mol. The number of aliphatic hydroxyl groups excluding tert-OH is 1. The predicted octanol–water partition coefficient (Wildman–Crippen LogP) is 3.53. The van der Waals surface area contributed by atoms with E-state index in [4.69, 9.17) is 0 Å². The van der Waals surface area contributed by atoms with E-state index in [9.17, 15) is 9.50 Å². The number of rotatable bonds is 5. The van der Waals surface area contributed by atoms with Crippen LogP contribution in [0.3, 0.4) is 0 Å². The van der Waals surface area contributed by atoms with Gasteiger partial charge in [-0.1, -0.05) is 25.5 Å². The molecule has 122 valence electrons. The molecule has 1 aliphatic rings. The van der Waals surface area contributed by atoms with Crippen LogP contribution in [0.4, 0.5) is 4.39 Å². The van der Waals surface area contributed by atoms with E-state index in [-0.39, 0.29) is 23.9 Å². The fraction of sp³-hybridized carbons (Fsp3) is 0.421. The van der Waals surface area contributed by atoms with Crippen molar-refractivity contribution in [2.45, 2.75) is 38.8 Å². The molecular formula is C19H23FN2O. The maximum Gasteiger partial charge on any atom is 0.128 e. The van der Waals surface area contributed by atoms with Crippen LogP contribution in [0.5, 0.6) is 0 Å². The molecule has 1 aromatic carbocycles. The maximum absolute atomic E-state index is 14.4. The van der Waals surface area contributed by atoms with Gasteiger partial charge in [0.1, 0.15) is 5.82 Å². The lowest BCUT2D eigenvalue weighted by Crippen LogP contribution is -2.41. The van der Waals surface area contributed by atoms with E-state index >= 15 is 0 Å². The lowest BCUT2D eigenvalue weighted by Gasteiger charge is -2.30. The Hall–Kier alpha value is -1.78. The Labute approximate surface area is 136 Å². The van der Waals surface area contributed by atoms with Crippen molar-refractivity contribution in [3.05, 3.63) is 54.1 Å². The summed E-state index contributed by atoms with van der Waals surface area (Å²) in [5, 5.41) is 13.0. The van der Waals surface area contributed by atoms with Crippen molar-refractivity contribution in [1.29, 1.82) is 0 Å². The molecule has 0 spiro atoms. The lowest BCUT2D eigenvalue weighted by atomic mass is 9.85. The molecule has 0 radical (unpaired) electrons. The van der Waals surface area contributed by atoms with Gasteiger partial charge in [0.15, 0.2) is 0 Å². The van der Waals surface area contributed by atoms with E-state index in [1.54, 1.807) is 18.5 Å². The summed E-state index contributed by atoms with van der Waals surface area (Å²) in [6, 6.07) is 9.34. The van der Waals surface area contributed by atoms with Gasteiger partial charge >= 0.3 is 0 Å². The van der Waals surface area contributed by atoms with Gasteiger partial charge in [-0.2, -0.15) is 0 Å². The minimum absolute atomic E-state index is 0.0898. The number of aliphatic hydroxyl groups is 1. The molecule has 2 atom stereocenters. The second-order valence-corrected chi connectivity index (χ2v) is 6.68. The first-order valence-corrected chi connectivity index (χ1v) is 8.15. The molecule has 3 nitrogen and oxygen atoms in total. The van der Waals surface area contributed by atoms with Crippen molar-refractivity contribution >= 4 is 0 Å². The molecule has 1 saturated carbocycles. The van der Waals surface area contributed by atoms with Gasteiger partial charge in [0.2, 0.25) is 0 Å². The molecule has 0 bridgehead atoms. The molecule has 2 N–H and O–H groups in total. The van der Waals surface area contributed by atoms with E-state index in [1.165, 1.54) is 0 Å². The van der Waals surface area contributed by atoms with E-state index in [0.29, 0.717) is 12.1 Å². The van der Waals surface area contributed by atoms with Gasteiger partial charge in [-0.3, -0.25) is 4.98 Å². The van der Waals surface area contributed by atoms with Gasteiger partial charge in [-0.15, -0.1) is 0 Å². The van der Waals surface area contributed by atoms with Crippen LogP contribution in [0.25, 0.3) is 11.1 Å². The Morgan fingerprint density at radius 3 is 2.74 bits per heavy atom. The van der Waals surface area contributed by atoms with Gasteiger partial charge in [0, 0.05) is 42.6 Å². The monoisotopic (exact) mass is 314 g/mol. The van der Waals surface area contributed by atoms with Crippen molar-refractivity contribution in [2.24, 2.45) is 5.41 Å². The summed E-state index contributed by atoms with van der Waals surface area (Å²) in [6.45, 7) is 2.76. The Bertz CT molecular complexity index is 662. The normalized spacial score (nSPS) is 24.0. The second kappa shape index (κ2) is 6.77. The average molecular weight is 314 g/mol. The fourth-order valence-electron chi connectivity index (χ4n) is 3.42. The number of hydrogen-bond donors (Lipinski definition) is 2. The van der Waals surface area contributed by atoms with Gasteiger partial charge in [-0.05, 0) is 42.2 Å². The van der Waals surface area contributed by atoms with Crippen molar-refractivity contribution in [3.63, 3.8) is 0 Å². The van der Waals surface area contributed by atoms with Gasteiger partial charge < -0.3 is 10.4 Å². The van der Waals surface area contributed by atoms with Crippen LogP contribution in [-0.4, -0.2) is 22.7 Å². The molecule has 0 amide bonds. The molecular weight excluding hydrogens is 291 g/mol. The SMILES string of the molecule is CC1(CO)CCCC1NCc1ccc(-c2ccncc2)cc1F. The Morgan fingerprint density at radius 1 is 1.26 bits per heavy atom. The molecule has 0 aliphatic heterocycles. The minimum atomic E-state index is -0.199. The van der Waals surface area contributed by atoms with Crippen LogP contribution in [0.1, 0.15) is 31.7 Å². The summed E-state index contributed by atoms with van der Waals surface area (Å²) in [5.41, 5.74) is 2.39. The molecule has 2 unspecified atom stereocenters. The largest absolute Gasteiger partial charge is 0.396 e. The number of hydrogen-bond acceptors (Lipinski definition) is 3. The highest BCUT2D eigenvalue weighted by molar-refractivity contribution is 5.63. The third kappa shape index (κ3) is 3.43. The first kappa shape index (κ1) is 16.1. The highest BCUT2D eigenvalue weighted by Gasteiger charge is 2.37. The van der Waals surface area contributed by atoms with Gasteiger partial charge in [0.25, 0.3) is 0 Å². The molecule has 1 heterocycles. The van der Waals surface area contributed by atoms with Crippen molar-refractivity contribution in [3.8, 4) is 11.1 Å². The summed E-state index contributed by atoms with van der Waals surface area (Å²) in [7, 11) is 0. The van der Waals surface area contributed by atoms with Crippen molar-refractivity contribution in [1.82, 2.24) is 10.3 Å². The zero-order valence-corrected chi connectivity index (χ0v) is 13.4. The Morgan fingerprint density at radius 2 is 2.04 bits per heavy atom. The summed E-state index contributed by atoms with van der Waals surface area (Å²) < 4.78 is 14.4. The Kier molecular flexibility index (Phi) is 4.74. The molecule has 3 rings (SSSR count). The quantitative estimate of drug-likeness (QED) is 0.887. The van der Waals surface area contributed by atoms with E-state index < -0.39 is 0 Å². The molecule has 2 aromatic rings. The van der Waals surface area contributed by atoms with Crippen LogP contribution in [-0.2, 0) is 6.54 Å². The second-order valence-electron chi connectivity index (χ2n) is 6.68. The minimum Gasteiger partial charge on any atom is -0.396 e. The number of pyridine rings is 1. The van der Waals surface area contributed by atoms with Crippen molar-refractivity contribution in [2.75, 3.05) is 6.61 Å². The van der Waals surface area contributed by atoms with E-state index in [0.717, 1.165) is 30.4 Å². The summed E-state index contributed by atoms with van der Waals surface area (Å²) in [4.78, 5) is 3.98. The summed E-state index contributed by atoms with van der Waals surface area (Å²) in [6.07, 6.45) is 6.58. The average Bonchev–Trinajstić information content (AvgIpc) is 2.96. The molecule has 1 aromatic heterocycles. The van der Waals surface area contributed by atoms with Crippen LogP contribution >= 0.6 is 0 Å². The highest BCUT2D eigenvalue weighted by Crippen LogP contribution is 2.37. The fourth-order valence-corrected chi connectivity index (χ4v) is 3.42. The van der Waals surface area contributed by atoms with E-state index in [1.807, 2.05) is 24.3 Å². The molecule has 0 saturated heterocycles. The lowest BCUT2D eigenvalue weighted by molar-refractivity contribution is 0.118. The number of halogens is 1. The van der Waals surface area contributed by atoms with Gasteiger partial charge in [-0.25, -0.2) is 4.39 Å². The van der Waals surface area contributed by atoms with Crippen LogP contribution < -0.4 is 5.32 Å². The first-order valence-electron chi connectivity index (χ1n) is 8.15. The number of aromatic nitrogens is 1. The molecule has 1 fully saturated rings. The highest BCUT2D eigenvalue weighted by atomic mass is 19.1. The topological polar surface area (TPSA) is 45.1 Å². The first-order chi connectivity index (χ1) is 11.1. The van der Waals surface area contributed by atoms with E-state index in [2.05, 4.69) is 17.2 Å². The van der Waals surface area contributed by atoms with Gasteiger partial charge in [0.05, 0.1) is 0 Å². The molecule has 23 heavy (non-hydrogen) atoms. The standard InChI is InChI=1S/C19H23FN2O/c1-19(13-23)8-2-3-18(19)22-12-16-5-4-15(11-17(16)20)14-6-9-21-10-7-14/h4-7,9-11,18,22-23H,2-3,8,12-13H2,1H3. The molecule has 1 aliphatic carbocycles. The summed E-state index contributed by atoms with van der Waals surface area (Å²) in [5.74, 6) is -0.199. The number of nitrogens with zero attached hydrogens (tertiary/aromatic N) is 1. The Balaban J connectivity index is 1.70. The van der Waals surface area contributed by atoms with Crippen LogP contribution in [0.2, 0.25) is 0 Å².